The van der Waals surface area contributed by atoms with Gasteiger partial charge >= 0.3 is 0 Å². The average molecular weight is 652 g/mol. The van der Waals surface area contributed by atoms with Crippen molar-refractivity contribution in [1.29, 1.82) is 0 Å². The summed E-state index contributed by atoms with van der Waals surface area (Å²) in [4.78, 5) is 15.9. The molecule has 252 valence electrons. The van der Waals surface area contributed by atoms with Crippen molar-refractivity contribution in [3.63, 3.8) is 0 Å². The lowest BCUT2D eigenvalue weighted by molar-refractivity contribution is -0.0955. The Morgan fingerprint density at radius 1 is 1.04 bits per heavy atom. The van der Waals surface area contributed by atoms with E-state index in [0.717, 1.165) is 69.7 Å². The van der Waals surface area contributed by atoms with Gasteiger partial charge in [0.25, 0.3) is 5.91 Å². The number of benzene rings is 2. The second-order valence-corrected chi connectivity index (χ2v) is 15.6. The van der Waals surface area contributed by atoms with Gasteiger partial charge in [-0.15, -0.1) is 0 Å². The minimum atomic E-state index is -1.46. The quantitative estimate of drug-likeness (QED) is 0.276. The topological polar surface area (TPSA) is 89.1 Å². The Kier molecular flexibility index (Phi) is 11.0. The van der Waals surface area contributed by atoms with Crippen molar-refractivity contribution >= 4 is 22.6 Å². The monoisotopic (exact) mass is 651 g/mol. The average Bonchev–Trinajstić information content (AvgIpc) is 3.60. The van der Waals surface area contributed by atoms with Crippen LogP contribution in [0.1, 0.15) is 93.6 Å². The lowest BCUT2D eigenvalue weighted by Gasteiger charge is -2.42. The first-order valence-corrected chi connectivity index (χ1v) is 18.9. The van der Waals surface area contributed by atoms with E-state index in [9.17, 15) is 9.00 Å². The van der Waals surface area contributed by atoms with Crippen molar-refractivity contribution in [3.05, 3.63) is 59.2 Å². The number of hydrogen-bond acceptors (Lipinski definition) is 7. The summed E-state index contributed by atoms with van der Waals surface area (Å²) >= 11 is 0. The molecule has 0 bridgehead atoms. The van der Waals surface area contributed by atoms with E-state index in [1.807, 2.05) is 25.1 Å². The summed E-state index contributed by atoms with van der Waals surface area (Å²) in [6.07, 6.45) is 7.68. The van der Waals surface area contributed by atoms with Gasteiger partial charge < -0.3 is 24.4 Å². The van der Waals surface area contributed by atoms with Crippen molar-refractivity contribution in [3.8, 4) is 5.75 Å². The van der Waals surface area contributed by atoms with E-state index in [4.69, 9.17) is 14.2 Å². The van der Waals surface area contributed by atoms with Gasteiger partial charge in [0.2, 0.25) is 0 Å². The van der Waals surface area contributed by atoms with Crippen LogP contribution >= 0.6 is 0 Å². The molecule has 9 heteroatoms. The number of rotatable bonds is 13. The molecule has 8 nitrogen and oxygen atoms in total. The highest BCUT2D eigenvalue weighted by molar-refractivity contribution is 7.84. The maximum atomic E-state index is 13.4. The van der Waals surface area contributed by atoms with Crippen molar-refractivity contribution in [1.82, 2.24) is 10.0 Å². The molecule has 2 saturated heterocycles. The number of amides is 1. The number of nitrogens with one attached hydrogen (secondary N) is 2. The first kappa shape index (κ1) is 33.4. The van der Waals surface area contributed by atoms with E-state index in [1.54, 1.807) is 0 Å². The lowest BCUT2D eigenvalue weighted by Crippen LogP contribution is -2.41. The zero-order valence-corrected chi connectivity index (χ0v) is 28.9. The van der Waals surface area contributed by atoms with Crippen LogP contribution in [0, 0.1) is 17.8 Å². The van der Waals surface area contributed by atoms with Gasteiger partial charge in [0.05, 0.1) is 17.5 Å². The van der Waals surface area contributed by atoms with Gasteiger partial charge in [-0.05, 0) is 79.7 Å². The van der Waals surface area contributed by atoms with Gasteiger partial charge in [0.1, 0.15) is 28.9 Å². The number of anilines is 1. The predicted molar refractivity (Wildman–Crippen MR) is 184 cm³/mol. The zero-order chi connectivity index (χ0) is 32.2. The Hall–Kier alpha value is -2.46. The number of carbonyl (C=O) groups is 1. The SMILES string of the molecule is CCCc1ccccc1C1COc2ccc(C(=O)NS(=O)C(C)C(C)CCC)cc2N(CC2CCC2CC2OC3CNCC3O2)C1. The Labute approximate surface area is 277 Å². The molecule has 2 N–H and O–H groups in total. The van der Waals surface area contributed by atoms with E-state index < -0.39 is 11.0 Å². The molecule has 0 aromatic heterocycles. The summed E-state index contributed by atoms with van der Waals surface area (Å²) in [5.41, 5.74) is 4.19. The van der Waals surface area contributed by atoms with E-state index >= 15 is 0 Å². The molecule has 3 fully saturated rings. The normalized spacial score (nSPS) is 29.1. The molecule has 3 heterocycles. The predicted octanol–water partition coefficient (Wildman–Crippen LogP) is 5.97. The molecular weight excluding hydrogens is 598 g/mol. The van der Waals surface area contributed by atoms with Crippen LogP contribution < -0.4 is 19.7 Å². The van der Waals surface area contributed by atoms with Crippen LogP contribution in [-0.4, -0.2) is 66.6 Å². The van der Waals surface area contributed by atoms with Crippen LogP contribution in [0.2, 0.25) is 0 Å². The molecule has 4 aliphatic rings. The van der Waals surface area contributed by atoms with Crippen LogP contribution in [-0.2, 0) is 26.9 Å². The Morgan fingerprint density at radius 2 is 1.80 bits per heavy atom. The summed E-state index contributed by atoms with van der Waals surface area (Å²) in [6, 6.07) is 14.5. The Bertz CT molecular complexity index is 1360. The second kappa shape index (κ2) is 15.2. The maximum absolute atomic E-state index is 13.4. The third kappa shape index (κ3) is 7.48. The van der Waals surface area contributed by atoms with Gasteiger partial charge in [0, 0.05) is 44.1 Å². The van der Waals surface area contributed by atoms with Crippen molar-refractivity contribution in [2.75, 3.05) is 37.7 Å². The molecule has 8 atom stereocenters. The van der Waals surface area contributed by atoms with E-state index in [1.165, 1.54) is 24.0 Å². The fraction of sp³-hybridized carbons (Fsp3) is 0.649. The molecule has 1 saturated carbocycles. The minimum absolute atomic E-state index is 0.114. The summed E-state index contributed by atoms with van der Waals surface area (Å²) < 4.78 is 34.9. The Morgan fingerprint density at radius 3 is 2.52 bits per heavy atom. The summed E-state index contributed by atoms with van der Waals surface area (Å²) in [5.74, 6) is 2.01. The highest BCUT2D eigenvalue weighted by Gasteiger charge is 2.43. The molecule has 8 unspecified atom stereocenters. The largest absolute Gasteiger partial charge is 0.491 e. The number of ether oxygens (including phenoxy) is 3. The molecule has 3 aliphatic heterocycles. The van der Waals surface area contributed by atoms with Crippen LogP contribution in [0.3, 0.4) is 0 Å². The molecule has 2 aromatic carbocycles. The molecule has 0 spiro atoms. The smallest absolute Gasteiger partial charge is 0.263 e. The summed E-state index contributed by atoms with van der Waals surface area (Å²) in [6.45, 7) is 12.5. The molecule has 46 heavy (non-hydrogen) atoms. The van der Waals surface area contributed by atoms with Crippen molar-refractivity contribution in [2.45, 2.75) is 102 Å². The minimum Gasteiger partial charge on any atom is -0.491 e. The molecule has 6 rings (SSSR count). The highest BCUT2D eigenvalue weighted by Crippen LogP contribution is 2.43. The van der Waals surface area contributed by atoms with Gasteiger partial charge in [-0.1, -0.05) is 57.9 Å². The van der Waals surface area contributed by atoms with E-state index in [0.29, 0.717) is 24.0 Å². The summed E-state index contributed by atoms with van der Waals surface area (Å²) in [5, 5.41) is 3.24. The van der Waals surface area contributed by atoms with Gasteiger partial charge in [-0.3, -0.25) is 9.52 Å². The first-order valence-electron chi connectivity index (χ1n) is 17.7. The van der Waals surface area contributed by atoms with Crippen LogP contribution in [0.15, 0.2) is 42.5 Å². The van der Waals surface area contributed by atoms with Crippen molar-refractivity contribution in [2.24, 2.45) is 17.8 Å². The second-order valence-electron chi connectivity index (χ2n) is 14.0. The molecule has 1 amide bonds. The lowest BCUT2D eigenvalue weighted by atomic mass is 9.71. The van der Waals surface area contributed by atoms with Crippen LogP contribution in [0.25, 0.3) is 0 Å². The van der Waals surface area contributed by atoms with E-state index in [2.05, 4.69) is 60.0 Å². The van der Waals surface area contributed by atoms with Crippen LogP contribution in [0.5, 0.6) is 5.75 Å². The first-order chi connectivity index (χ1) is 22.3. The molecular formula is C37H53N3O5S. The number of fused-ring (bicyclic) bond motifs is 2. The fourth-order valence-electron chi connectivity index (χ4n) is 7.72. The molecule has 2 aromatic rings. The summed E-state index contributed by atoms with van der Waals surface area (Å²) in [7, 11) is -1.46. The van der Waals surface area contributed by atoms with Gasteiger partial charge in [-0.25, -0.2) is 4.21 Å². The third-order valence-electron chi connectivity index (χ3n) is 10.8. The fourth-order valence-corrected chi connectivity index (χ4v) is 8.77. The number of nitrogens with zero attached hydrogens (tertiary/aromatic N) is 1. The van der Waals surface area contributed by atoms with E-state index in [-0.39, 0.29) is 41.5 Å². The Balaban J connectivity index is 1.22. The van der Waals surface area contributed by atoms with Gasteiger partial charge in [0.15, 0.2) is 6.29 Å². The third-order valence-corrected chi connectivity index (χ3v) is 12.3. The number of hydrogen-bond donors (Lipinski definition) is 2. The standard InChI is InChI=1S/C37H53N3O5S/c1-5-9-24(3)25(4)46(42)39-37(41)28-15-16-33-32(17-28)40(22-30(23-43-33)31-12-8-7-11-26(31)10-6-2)21-29-14-13-27(29)18-36-44-34-19-38-20-35(34)45-36/h7-8,11-12,15-17,24-25,27,29-30,34-36,38H,5-6,9-10,13-14,18-23H2,1-4H3,(H,39,41). The molecule has 1 aliphatic carbocycles. The zero-order valence-electron chi connectivity index (χ0n) is 28.0. The molecule has 0 radical (unpaired) electrons. The van der Waals surface area contributed by atoms with Crippen molar-refractivity contribution < 1.29 is 23.2 Å². The van der Waals surface area contributed by atoms with Gasteiger partial charge in [-0.2, -0.15) is 0 Å². The number of aryl methyl sites for hydroxylation is 1. The maximum Gasteiger partial charge on any atom is 0.263 e. The van der Waals surface area contributed by atoms with Crippen LogP contribution in [0.4, 0.5) is 5.69 Å². The highest BCUT2D eigenvalue weighted by atomic mass is 32.2. The number of carbonyl (C=O) groups excluding carboxylic acids is 1.